The molecule has 2 heterocycles. The van der Waals surface area contributed by atoms with Gasteiger partial charge in [-0.1, -0.05) is 0 Å². The minimum atomic E-state index is 0.0115. The van der Waals surface area contributed by atoms with Crippen molar-refractivity contribution in [1.82, 2.24) is 14.9 Å². The summed E-state index contributed by atoms with van der Waals surface area (Å²) in [6, 6.07) is 0.542. The molecular formula is C12H21N3O. The van der Waals surface area contributed by atoms with Gasteiger partial charge in [0.25, 0.3) is 0 Å². The Hall–Kier alpha value is -0.870. The molecule has 16 heavy (non-hydrogen) atoms. The third kappa shape index (κ3) is 2.83. The Bertz CT molecular complexity index is 346. The molecule has 0 amide bonds. The fourth-order valence-electron chi connectivity index (χ4n) is 2.21. The van der Waals surface area contributed by atoms with Crippen LogP contribution in [0.2, 0.25) is 0 Å². The zero-order chi connectivity index (χ0) is 11.6. The highest BCUT2D eigenvalue weighted by Gasteiger charge is 2.28. The predicted octanol–water partition coefficient (Wildman–Crippen LogP) is 1.47. The highest BCUT2D eigenvalue weighted by molar-refractivity contribution is 4.92. The second-order valence-electron chi connectivity index (χ2n) is 5.13. The van der Waals surface area contributed by atoms with E-state index in [9.17, 15) is 0 Å². The Morgan fingerprint density at radius 1 is 1.62 bits per heavy atom. The van der Waals surface area contributed by atoms with Crippen molar-refractivity contribution in [3.05, 3.63) is 18.2 Å². The van der Waals surface area contributed by atoms with Crippen LogP contribution in [0.5, 0.6) is 0 Å². The Morgan fingerprint density at radius 3 is 3.06 bits per heavy atom. The van der Waals surface area contributed by atoms with Crippen LogP contribution in [-0.4, -0.2) is 27.8 Å². The molecule has 1 atom stereocenters. The summed E-state index contributed by atoms with van der Waals surface area (Å²) in [4.78, 5) is 4.31. The molecule has 1 fully saturated rings. The van der Waals surface area contributed by atoms with E-state index in [4.69, 9.17) is 4.74 Å². The molecule has 90 valence electrons. The van der Waals surface area contributed by atoms with Crippen LogP contribution in [-0.2, 0) is 18.3 Å². The maximum Gasteiger partial charge on any atom is 0.122 e. The molecule has 0 radical (unpaired) electrons. The third-order valence-corrected chi connectivity index (χ3v) is 3.17. The summed E-state index contributed by atoms with van der Waals surface area (Å²) in [6.07, 6.45) is 5.97. The standard InChI is InChI=1S/C12H21N3O/c1-12(2)8-10(4-7-16-12)14-9-11-13-5-6-15(11)3/h5-6,10,14H,4,7-9H2,1-3H3. The van der Waals surface area contributed by atoms with Gasteiger partial charge in [0, 0.05) is 32.1 Å². The van der Waals surface area contributed by atoms with E-state index < -0.39 is 0 Å². The van der Waals surface area contributed by atoms with Gasteiger partial charge in [0.05, 0.1) is 12.1 Å². The Morgan fingerprint density at radius 2 is 2.44 bits per heavy atom. The van der Waals surface area contributed by atoms with Gasteiger partial charge in [-0.3, -0.25) is 0 Å². The summed E-state index contributed by atoms with van der Waals surface area (Å²) in [7, 11) is 2.03. The van der Waals surface area contributed by atoms with Crippen molar-refractivity contribution >= 4 is 0 Å². The normalized spacial score (nSPS) is 24.6. The van der Waals surface area contributed by atoms with Crippen molar-refractivity contribution in [1.29, 1.82) is 0 Å². The Labute approximate surface area is 97.0 Å². The molecule has 2 rings (SSSR count). The average molecular weight is 223 g/mol. The molecule has 4 heteroatoms. The van der Waals surface area contributed by atoms with Crippen molar-refractivity contribution in [2.75, 3.05) is 6.61 Å². The second kappa shape index (κ2) is 4.55. The zero-order valence-electron chi connectivity index (χ0n) is 10.4. The van der Waals surface area contributed by atoms with E-state index >= 15 is 0 Å². The molecule has 4 nitrogen and oxygen atoms in total. The fourth-order valence-corrected chi connectivity index (χ4v) is 2.21. The molecule has 1 unspecified atom stereocenters. The monoisotopic (exact) mass is 223 g/mol. The van der Waals surface area contributed by atoms with Crippen LogP contribution in [0.3, 0.4) is 0 Å². The van der Waals surface area contributed by atoms with Crippen LogP contribution in [0.25, 0.3) is 0 Å². The molecule has 1 saturated heterocycles. The molecule has 1 aliphatic heterocycles. The van der Waals surface area contributed by atoms with Crippen LogP contribution >= 0.6 is 0 Å². The molecule has 1 aliphatic rings. The number of rotatable bonds is 3. The van der Waals surface area contributed by atoms with E-state index in [2.05, 4.69) is 28.7 Å². The molecular weight excluding hydrogens is 202 g/mol. The number of hydrogen-bond donors (Lipinski definition) is 1. The topological polar surface area (TPSA) is 39.1 Å². The lowest BCUT2D eigenvalue weighted by Gasteiger charge is -2.35. The lowest BCUT2D eigenvalue weighted by molar-refractivity contribution is -0.0631. The molecule has 1 aromatic rings. The smallest absolute Gasteiger partial charge is 0.122 e. The summed E-state index contributed by atoms with van der Waals surface area (Å²) in [5.41, 5.74) is 0.0115. The third-order valence-electron chi connectivity index (χ3n) is 3.17. The highest BCUT2D eigenvalue weighted by atomic mass is 16.5. The highest BCUT2D eigenvalue weighted by Crippen LogP contribution is 2.23. The first-order chi connectivity index (χ1) is 7.57. The summed E-state index contributed by atoms with van der Waals surface area (Å²) in [6.45, 7) is 6.00. The van der Waals surface area contributed by atoms with Gasteiger partial charge in [-0.15, -0.1) is 0 Å². The van der Waals surface area contributed by atoms with Gasteiger partial charge in [-0.25, -0.2) is 4.98 Å². The van der Waals surface area contributed by atoms with Gasteiger partial charge in [0.15, 0.2) is 0 Å². The first-order valence-corrected chi connectivity index (χ1v) is 5.90. The van der Waals surface area contributed by atoms with Crippen molar-refractivity contribution in [3.63, 3.8) is 0 Å². The van der Waals surface area contributed by atoms with Gasteiger partial charge < -0.3 is 14.6 Å². The van der Waals surface area contributed by atoms with Gasteiger partial charge >= 0.3 is 0 Å². The zero-order valence-corrected chi connectivity index (χ0v) is 10.4. The molecule has 1 N–H and O–H groups in total. The molecule has 0 spiro atoms. The van der Waals surface area contributed by atoms with Gasteiger partial charge in [-0.05, 0) is 26.7 Å². The predicted molar refractivity (Wildman–Crippen MR) is 63.1 cm³/mol. The van der Waals surface area contributed by atoms with E-state index in [0.29, 0.717) is 6.04 Å². The summed E-state index contributed by atoms with van der Waals surface area (Å²) >= 11 is 0. The lowest BCUT2D eigenvalue weighted by atomic mass is 9.94. The quantitative estimate of drug-likeness (QED) is 0.843. The van der Waals surface area contributed by atoms with E-state index in [0.717, 1.165) is 31.8 Å². The van der Waals surface area contributed by atoms with E-state index in [1.54, 1.807) is 0 Å². The Balaban J connectivity index is 1.84. The SMILES string of the molecule is Cn1ccnc1CNC1CCOC(C)(C)C1. The van der Waals surface area contributed by atoms with Gasteiger partial charge in [0.2, 0.25) is 0 Å². The number of aromatic nitrogens is 2. The molecule has 1 aromatic heterocycles. The van der Waals surface area contributed by atoms with Crippen LogP contribution < -0.4 is 5.32 Å². The van der Waals surface area contributed by atoms with E-state index in [1.165, 1.54) is 0 Å². The lowest BCUT2D eigenvalue weighted by Crippen LogP contribution is -2.43. The van der Waals surface area contributed by atoms with Crippen molar-refractivity contribution in [2.45, 2.75) is 44.9 Å². The van der Waals surface area contributed by atoms with Gasteiger partial charge in [-0.2, -0.15) is 0 Å². The number of ether oxygens (including phenoxy) is 1. The van der Waals surface area contributed by atoms with Gasteiger partial charge in [0.1, 0.15) is 5.82 Å². The first kappa shape index (κ1) is 11.6. The minimum absolute atomic E-state index is 0.0115. The number of aryl methyl sites for hydroxylation is 1. The number of nitrogens with one attached hydrogen (secondary N) is 1. The van der Waals surface area contributed by atoms with Crippen molar-refractivity contribution in [2.24, 2.45) is 7.05 Å². The second-order valence-corrected chi connectivity index (χ2v) is 5.13. The molecule has 0 bridgehead atoms. The van der Waals surface area contributed by atoms with E-state index in [1.807, 2.05) is 19.4 Å². The maximum atomic E-state index is 5.70. The van der Waals surface area contributed by atoms with Crippen LogP contribution in [0.15, 0.2) is 12.4 Å². The van der Waals surface area contributed by atoms with Crippen molar-refractivity contribution in [3.8, 4) is 0 Å². The largest absolute Gasteiger partial charge is 0.375 e. The summed E-state index contributed by atoms with van der Waals surface area (Å²) < 4.78 is 7.75. The van der Waals surface area contributed by atoms with E-state index in [-0.39, 0.29) is 5.60 Å². The summed E-state index contributed by atoms with van der Waals surface area (Å²) in [5, 5.41) is 3.56. The first-order valence-electron chi connectivity index (χ1n) is 5.90. The van der Waals surface area contributed by atoms with Crippen molar-refractivity contribution < 1.29 is 4.74 Å². The number of nitrogens with zero attached hydrogens (tertiary/aromatic N) is 2. The summed E-state index contributed by atoms with van der Waals surface area (Å²) in [5.74, 6) is 1.09. The molecule has 0 saturated carbocycles. The average Bonchev–Trinajstić information content (AvgIpc) is 2.60. The van der Waals surface area contributed by atoms with Crippen LogP contribution in [0, 0.1) is 0 Å². The molecule has 0 aliphatic carbocycles. The number of hydrogen-bond acceptors (Lipinski definition) is 3. The van der Waals surface area contributed by atoms with Crippen LogP contribution in [0.4, 0.5) is 0 Å². The number of imidazole rings is 1. The molecule has 0 aromatic carbocycles. The minimum Gasteiger partial charge on any atom is -0.375 e. The fraction of sp³-hybridized carbons (Fsp3) is 0.750. The maximum absolute atomic E-state index is 5.70. The Kier molecular flexibility index (Phi) is 3.30. The van der Waals surface area contributed by atoms with Crippen LogP contribution in [0.1, 0.15) is 32.5 Å².